The molecule has 11 nitrogen and oxygen atoms in total. The molecule has 2 N–H and O–H groups in total. The van der Waals surface area contributed by atoms with Crippen molar-refractivity contribution in [1.29, 1.82) is 0 Å². The van der Waals surface area contributed by atoms with Gasteiger partial charge in [0.25, 0.3) is 15.9 Å². The van der Waals surface area contributed by atoms with Gasteiger partial charge in [0, 0.05) is 56.6 Å². The second-order valence-corrected chi connectivity index (χ2v) is 10.9. The molecular formula is C27H33N5O6S. The number of anilines is 1. The van der Waals surface area contributed by atoms with Gasteiger partial charge in [0.05, 0.1) is 12.3 Å². The number of ether oxygens (including phenoxy) is 1. The summed E-state index contributed by atoms with van der Waals surface area (Å²) in [5.41, 5.74) is 2.13. The topological polar surface area (TPSA) is 137 Å². The standard InChI is InChI=1S/C27H33N5O6S/c1-2-38-24(33)9-5-15-29-27(35)32-18-16-31(17-19-32)26(34)21-10-12-22(13-11-21)30-39(36,37)23-8-3-6-20-7-4-14-28-25(20)23/h3,6,8,10-14,30H,2,4-5,7,9,15-19H2,1H3,(H,29,35). The minimum Gasteiger partial charge on any atom is -0.466 e. The summed E-state index contributed by atoms with van der Waals surface area (Å²) in [4.78, 5) is 44.5. The third-order valence-corrected chi connectivity index (χ3v) is 7.93. The van der Waals surface area contributed by atoms with Gasteiger partial charge in [-0.05, 0) is 62.1 Å². The smallest absolute Gasteiger partial charge is 0.317 e. The van der Waals surface area contributed by atoms with E-state index in [-0.39, 0.29) is 29.2 Å². The second-order valence-electron chi connectivity index (χ2n) is 9.22. The minimum atomic E-state index is -3.86. The van der Waals surface area contributed by atoms with Crippen LogP contribution in [0, 0.1) is 0 Å². The van der Waals surface area contributed by atoms with Crippen LogP contribution in [0.15, 0.2) is 52.4 Å². The lowest BCUT2D eigenvalue weighted by Gasteiger charge is -2.34. The van der Waals surface area contributed by atoms with Crippen molar-refractivity contribution >= 4 is 45.5 Å². The summed E-state index contributed by atoms with van der Waals surface area (Å²) in [6.07, 6.45) is 3.99. The molecule has 4 rings (SSSR count). The number of esters is 1. The summed E-state index contributed by atoms with van der Waals surface area (Å²) in [7, 11) is -3.86. The average Bonchev–Trinajstić information content (AvgIpc) is 2.95. The molecule has 2 aliphatic rings. The SMILES string of the molecule is CCOC(=O)CCCNC(=O)N1CCN(C(=O)c2ccc(NS(=O)(=O)c3cccc4c3N=CCC4)cc2)CC1. The van der Waals surface area contributed by atoms with Crippen molar-refractivity contribution in [2.24, 2.45) is 4.99 Å². The highest BCUT2D eigenvalue weighted by Gasteiger charge is 2.25. The van der Waals surface area contributed by atoms with Gasteiger partial charge in [-0.25, -0.2) is 13.2 Å². The Morgan fingerprint density at radius 1 is 1.00 bits per heavy atom. The molecule has 0 aromatic heterocycles. The Balaban J connectivity index is 1.27. The molecular weight excluding hydrogens is 522 g/mol. The van der Waals surface area contributed by atoms with E-state index in [0.717, 1.165) is 18.4 Å². The molecule has 0 aliphatic carbocycles. The maximum Gasteiger partial charge on any atom is 0.317 e. The summed E-state index contributed by atoms with van der Waals surface area (Å²) >= 11 is 0. The fraction of sp³-hybridized carbons (Fsp3) is 0.407. The van der Waals surface area contributed by atoms with Crippen molar-refractivity contribution in [3.63, 3.8) is 0 Å². The van der Waals surface area contributed by atoms with Crippen molar-refractivity contribution < 1.29 is 27.5 Å². The summed E-state index contributed by atoms with van der Waals surface area (Å²) < 4.78 is 33.5. The van der Waals surface area contributed by atoms with Gasteiger partial charge in [-0.15, -0.1) is 0 Å². The molecule has 12 heteroatoms. The molecule has 1 fully saturated rings. The Morgan fingerprint density at radius 2 is 1.72 bits per heavy atom. The Hall–Kier alpha value is -3.93. The van der Waals surface area contributed by atoms with Crippen LogP contribution in [-0.4, -0.2) is 81.7 Å². The van der Waals surface area contributed by atoms with Crippen LogP contribution in [0.5, 0.6) is 0 Å². The first-order valence-corrected chi connectivity index (χ1v) is 14.5. The Labute approximate surface area is 228 Å². The summed E-state index contributed by atoms with van der Waals surface area (Å²) in [5, 5.41) is 2.79. The van der Waals surface area contributed by atoms with E-state index in [1.165, 1.54) is 6.07 Å². The van der Waals surface area contributed by atoms with E-state index in [2.05, 4.69) is 15.0 Å². The van der Waals surface area contributed by atoms with Crippen molar-refractivity contribution in [3.8, 4) is 0 Å². The molecule has 0 saturated carbocycles. The summed E-state index contributed by atoms with van der Waals surface area (Å²) in [5.74, 6) is -0.473. The van der Waals surface area contributed by atoms with Crippen molar-refractivity contribution in [2.45, 2.75) is 37.5 Å². The van der Waals surface area contributed by atoms with Crippen molar-refractivity contribution in [3.05, 3.63) is 53.6 Å². The number of hydrogen-bond acceptors (Lipinski definition) is 7. The molecule has 3 amide bonds. The van der Waals surface area contributed by atoms with Crippen LogP contribution in [-0.2, 0) is 26.0 Å². The zero-order valence-electron chi connectivity index (χ0n) is 21.9. The van der Waals surface area contributed by atoms with Crippen LogP contribution < -0.4 is 10.0 Å². The van der Waals surface area contributed by atoms with Gasteiger partial charge in [-0.3, -0.25) is 19.3 Å². The Kier molecular flexibility index (Phi) is 9.18. The molecule has 0 radical (unpaired) electrons. The second kappa shape index (κ2) is 12.7. The fourth-order valence-electron chi connectivity index (χ4n) is 4.47. The number of rotatable bonds is 9. The summed E-state index contributed by atoms with van der Waals surface area (Å²) in [6.45, 7) is 3.98. The third-order valence-electron chi connectivity index (χ3n) is 6.51. The van der Waals surface area contributed by atoms with Crippen molar-refractivity contribution in [2.75, 3.05) is 44.1 Å². The molecule has 0 atom stereocenters. The first kappa shape index (κ1) is 28.1. The molecule has 208 valence electrons. The number of sulfonamides is 1. The fourth-order valence-corrected chi connectivity index (χ4v) is 5.72. The van der Waals surface area contributed by atoms with Crippen LogP contribution in [0.4, 0.5) is 16.2 Å². The highest BCUT2D eigenvalue weighted by atomic mass is 32.2. The molecule has 0 spiro atoms. The van der Waals surface area contributed by atoms with E-state index in [9.17, 15) is 22.8 Å². The number of fused-ring (bicyclic) bond motifs is 1. The molecule has 1 saturated heterocycles. The minimum absolute atomic E-state index is 0.122. The predicted octanol–water partition coefficient (Wildman–Crippen LogP) is 2.95. The molecule has 2 aromatic carbocycles. The Morgan fingerprint density at radius 3 is 2.44 bits per heavy atom. The van der Waals surface area contributed by atoms with E-state index in [1.807, 2.05) is 6.07 Å². The number of carbonyl (C=O) groups is 3. The number of nitrogens with zero attached hydrogens (tertiary/aromatic N) is 3. The zero-order valence-corrected chi connectivity index (χ0v) is 22.7. The first-order valence-electron chi connectivity index (χ1n) is 13.0. The van der Waals surface area contributed by atoms with Gasteiger partial charge >= 0.3 is 12.0 Å². The van der Waals surface area contributed by atoms with Gasteiger partial charge in [-0.2, -0.15) is 0 Å². The maximum atomic E-state index is 13.0. The van der Waals surface area contributed by atoms with Gasteiger partial charge < -0.3 is 19.9 Å². The van der Waals surface area contributed by atoms with Crippen LogP contribution in [0.2, 0.25) is 0 Å². The van der Waals surface area contributed by atoms with Gasteiger partial charge in [0.1, 0.15) is 4.90 Å². The first-order chi connectivity index (χ1) is 18.8. The average molecular weight is 556 g/mol. The maximum absolute atomic E-state index is 13.0. The number of piperazine rings is 1. The number of nitrogens with one attached hydrogen (secondary N) is 2. The molecule has 0 bridgehead atoms. The van der Waals surface area contributed by atoms with Gasteiger partial charge in [-0.1, -0.05) is 12.1 Å². The quantitative estimate of drug-likeness (QED) is 0.361. The third kappa shape index (κ3) is 7.14. The number of carbonyl (C=O) groups excluding carboxylic acids is 3. The van der Waals surface area contributed by atoms with E-state index in [4.69, 9.17) is 4.74 Å². The highest BCUT2D eigenvalue weighted by molar-refractivity contribution is 7.92. The lowest BCUT2D eigenvalue weighted by Crippen LogP contribution is -2.53. The van der Waals surface area contributed by atoms with E-state index in [1.54, 1.807) is 53.3 Å². The lowest BCUT2D eigenvalue weighted by atomic mass is 10.1. The van der Waals surface area contributed by atoms with Crippen LogP contribution in [0.25, 0.3) is 0 Å². The van der Waals surface area contributed by atoms with E-state index >= 15 is 0 Å². The number of benzene rings is 2. The van der Waals surface area contributed by atoms with E-state index < -0.39 is 10.0 Å². The zero-order chi connectivity index (χ0) is 27.8. The van der Waals surface area contributed by atoms with Crippen LogP contribution in [0.3, 0.4) is 0 Å². The number of para-hydroxylation sites is 1. The molecule has 2 aliphatic heterocycles. The van der Waals surface area contributed by atoms with Gasteiger partial charge in [0.2, 0.25) is 0 Å². The molecule has 39 heavy (non-hydrogen) atoms. The van der Waals surface area contributed by atoms with Crippen LogP contribution in [0.1, 0.15) is 42.1 Å². The largest absolute Gasteiger partial charge is 0.466 e. The number of amides is 3. The predicted molar refractivity (Wildman–Crippen MR) is 147 cm³/mol. The van der Waals surface area contributed by atoms with Gasteiger partial charge in [0.15, 0.2) is 0 Å². The van der Waals surface area contributed by atoms with E-state index in [0.29, 0.717) is 62.7 Å². The molecule has 2 heterocycles. The Bertz CT molecular complexity index is 1330. The van der Waals surface area contributed by atoms with Crippen LogP contribution >= 0.6 is 0 Å². The highest BCUT2D eigenvalue weighted by Crippen LogP contribution is 2.32. The normalized spacial score (nSPS) is 14.9. The molecule has 2 aromatic rings. The lowest BCUT2D eigenvalue weighted by molar-refractivity contribution is -0.143. The number of urea groups is 1. The molecule has 0 unspecified atom stereocenters. The monoisotopic (exact) mass is 555 g/mol. The number of hydrogen-bond donors (Lipinski definition) is 2. The number of aryl methyl sites for hydroxylation is 1. The summed E-state index contributed by atoms with van der Waals surface area (Å²) in [6, 6.07) is 11.2. The number of aliphatic imine (C=N–C) groups is 1. The van der Waals surface area contributed by atoms with Crippen molar-refractivity contribution in [1.82, 2.24) is 15.1 Å².